The largest absolute Gasteiger partial charge is 0.497 e. The van der Waals surface area contributed by atoms with E-state index in [4.69, 9.17) is 14.2 Å². The number of carbonyl (C=O) groups is 2. The molecule has 2 N–H and O–H groups in total. The van der Waals surface area contributed by atoms with Gasteiger partial charge in [-0.2, -0.15) is 5.43 Å². The Hall–Kier alpha value is -4.45. The topological polar surface area (TPSA) is 128 Å². The van der Waals surface area contributed by atoms with Crippen molar-refractivity contribution in [3.8, 4) is 17.2 Å². The molecule has 4 rings (SSSR count). The number of methoxy groups -OCH3 is 1. The Morgan fingerprint density at radius 3 is 2.34 bits per heavy atom. The second-order valence-corrected chi connectivity index (χ2v) is 8.60. The summed E-state index contributed by atoms with van der Waals surface area (Å²) in [5.41, 5.74) is 3.67. The Balaban J connectivity index is 1.51. The molecule has 0 spiro atoms. The number of guanidine groups is 1. The van der Waals surface area contributed by atoms with E-state index in [0.717, 1.165) is 16.2 Å². The number of hydrogen-bond acceptors (Lipinski definition) is 9. The number of hydrazone groups is 1. The third-order valence-corrected chi connectivity index (χ3v) is 6.01. The van der Waals surface area contributed by atoms with Crippen molar-refractivity contribution in [3.63, 3.8) is 0 Å². The van der Waals surface area contributed by atoms with Crippen LogP contribution in [0, 0.1) is 0 Å². The van der Waals surface area contributed by atoms with E-state index < -0.39 is 24.1 Å². The van der Waals surface area contributed by atoms with Crippen LogP contribution in [0.3, 0.4) is 0 Å². The molecule has 0 bridgehead atoms. The van der Waals surface area contributed by atoms with Gasteiger partial charge in [-0.25, -0.2) is 9.37 Å². The number of nitrogens with one attached hydrogen (secondary N) is 1. The number of fused-ring (bicyclic) bond motifs is 1. The molecule has 0 saturated carbocycles. The minimum atomic E-state index is -0.986. The highest BCUT2D eigenvalue weighted by Gasteiger charge is 2.51. The Morgan fingerprint density at radius 2 is 1.68 bits per heavy atom. The lowest BCUT2D eigenvalue weighted by atomic mass is 10.1. The van der Waals surface area contributed by atoms with Crippen LogP contribution in [0.4, 0.5) is 4.79 Å². The van der Waals surface area contributed by atoms with Crippen molar-refractivity contribution in [1.29, 1.82) is 0 Å². The SMILES string of the molecule is CCOc1ccc(/C=N/NC2=[N+](CC(O)COc3ccc(OC)cc3)C3C(=O)N(C)C(=O)N(C)C3=N2)cc1. The number of urea groups is 1. The van der Waals surface area contributed by atoms with Crippen LogP contribution in [0.25, 0.3) is 0 Å². The highest BCUT2D eigenvalue weighted by molar-refractivity contribution is 6.22. The summed E-state index contributed by atoms with van der Waals surface area (Å²) in [6.45, 7) is 2.45. The zero-order chi connectivity index (χ0) is 27.2. The van der Waals surface area contributed by atoms with Crippen molar-refractivity contribution in [2.75, 3.05) is 41.0 Å². The Labute approximate surface area is 220 Å². The summed E-state index contributed by atoms with van der Waals surface area (Å²) in [6.07, 6.45) is 0.606. The predicted molar refractivity (Wildman–Crippen MR) is 140 cm³/mol. The van der Waals surface area contributed by atoms with E-state index in [9.17, 15) is 14.7 Å². The maximum Gasteiger partial charge on any atom is 0.414 e. The zero-order valence-electron chi connectivity index (χ0n) is 21.7. The number of amidine groups is 1. The van der Waals surface area contributed by atoms with Gasteiger partial charge in [0.05, 0.1) is 26.5 Å². The zero-order valence-corrected chi connectivity index (χ0v) is 21.7. The molecule has 3 amide bonds. The van der Waals surface area contributed by atoms with E-state index >= 15 is 0 Å². The first-order valence-corrected chi connectivity index (χ1v) is 12.1. The molecular formula is C26H31N6O6+. The molecule has 2 unspecified atom stereocenters. The number of nitrogens with zero attached hydrogens (tertiary/aromatic N) is 5. The number of likely N-dealkylation sites (N-methyl/N-ethyl adjacent to an activating group) is 2. The number of hydrogen-bond donors (Lipinski definition) is 2. The fraction of sp³-hybridized carbons (Fsp3) is 0.346. The fourth-order valence-electron chi connectivity index (χ4n) is 4.00. The van der Waals surface area contributed by atoms with E-state index in [2.05, 4.69) is 15.5 Å². The number of aliphatic hydroxyl groups is 1. The maximum atomic E-state index is 13.1. The van der Waals surface area contributed by atoms with E-state index in [1.54, 1.807) is 49.2 Å². The van der Waals surface area contributed by atoms with Crippen molar-refractivity contribution in [3.05, 3.63) is 54.1 Å². The molecule has 2 aliphatic rings. The van der Waals surface area contributed by atoms with Crippen LogP contribution in [-0.4, -0.2) is 103 Å². The first kappa shape index (κ1) is 26.6. The van der Waals surface area contributed by atoms with Gasteiger partial charge in [-0.3, -0.25) is 14.6 Å². The fourth-order valence-corrected chi connectivity index (χ4v) is 4.00. The van der Waals surface area contributed by atoms with Crippen LogP contribution < -0.4 is 19.6 Å². The molecule has 2 heterocycles. The molecule has 0 radical (unpaired) electrons. The van der Waals surface area contributed by atoms with Crippen LogP contribution in [0.5, 0.6) is 17.2 Å². The minimum Gasteiger partial charge on any atom is -0.497 e. The van der Waals surface area contributed by atoms with E-state index in [-0.39, 0.29) is 24.9 Å². The molecule has 0 aromatic heterocycles. The van der Waals surface area contributed by atoms with Gasteiger partial charge in [-0.1, -0.05) is 4.99 Å². The number of rotatable bonds is 10. The summed E-state index contributed by atoms with van der Waals surface area (Å²) in [5.74, 6) is 2.02. The molecule has 1 saturated heterocycles. The molecule has 1 fully saturated rings. The van der Waals surface area contributed by atoms with Gasteiger partial charge in [0.2, 0.25) is 11.9 Å². The van der Waals surface area contributed by atoms with Gasteiger partial charge >= 0.3 is 12.0 Å². The molecular weight excluding hydrogens is 492 g/mol. The number of ether oxygens (including phenoxy) is 3. The van der Waals surface area contributed by atoms with Crippen molar-refractivity contribution >= 4 is 29.9 Å². The van der Waals surface area contributed by atoms with Crippen LogP contribution in [0.15, 0.2) is 58.6 Å². The average molecular weight is 524 g/mol. The van der Waals surface area contributed by atoms with Gasteiger partial charge in [0.15, 0.2) is 0 Å². The molecule has 2 aliphatic heterocycles. The number of aliphatic hydroxyl groups excluding tert-OH is 1. The first-order valence-electron chi connectivity index (χ1n) is 12.1. The minimum absolute atomic E-state index is 0.00363. The molecule has 0 aliphatic carbocycles. The molecule has 2 aromatic rings. The summed E-state index contributed by atoms with van der Waals surface area (Å²) in [6, 6.07) is 13.0. The summed E-state index contributed by atoms with van der Waals surface area (Å²) in [5, 5.41) is 15.0. The Morgan fingerprint density at radius 1 is 1.05 bits per heavy atom. The number of β-amino-alcohol motifs (C(OH)–C–C–N with tert-alkyl or cyclic N) is 1. The standard InChI is InChI=1S/C26H30N6O6/c1-5-37-20-8-6-17(7-9-20)14-27-29-25-28-23-22(24(34)31(3)26(35)30(23)2)32(25)15-18(33)16-38-21-12-10-19(36-4)11-13-21/h6-14,18,22,33H,5,15-16H2,1-4H3/p+1/b27-14+. The van der Waals surface area contributed by atoms with Gasteiger partial charge in [0, 0.05) is 14.1 Å². The average Bonchev–Trinajstić information content (AvgIpc) is 3.28. The summed E-state index contributed by atoms with van der Waals surface area (Å²) in [7, 11) is 4.53. The van der Waals surface area contributed by atoms with Gasteiger partial charge < -0.3 is 19.3 Å². The number of benzene rings is 2. The Kier molecular flexibility index (Phi) is 8.22. The normalized spacial score (nSPS) is 18.0. The van der Waals surface area contributed by atoms with E-state index in [1.807, 2.05) is 31.2 Å². The number of carbonyl (C=O) groups excluding carboxylic acids is 2. The van der Waals surface area contributed by atoms with E-state index in [1.165, 1.54) is 11.9 Å². The van der Waals surface area contributed by atoms with Crippen molar-refractivity contribution in [1.82, 2.24) is 15.2 Å². The first-order chi connectivity index (χ1) is 18.3. The van der Waals surface area contributed by atoms with E-state index in [0.29, 0.717) is 18.1 Å². The third kappa shape index (κ3) is 5.75. The lowest BCUT2D eigenvalue weighted by molar-refractivity contribution is -0.545. The quantitative estimate of drug-likeness (QED) is 0.271. The molecule has 38 heavy (non-hydrogen) atoms. The van der Waals surface area contributed by atoms with Crippen LogP contribution in [-0.2, 0) is 4.79 Å². The highest BCUT2D eigenvalue weighted by Crippen LogP contribution is 2.20. The second kappa shape index (κ2) is 11.7. The van der Waals surface area contributed by atoms with Crippen LogP contribution in [0.2, 0.25) is 0 Å². The number of aliphatic imine (C=N–C) groups is 1. The summed E-state index contributed by atoms with van der Waals surface area (Å²) < 4.78 is 17.9. The third-order valence-electron chi connectivity index (χ3n) is 6.01. The maximum absolute atomic E-state index is 13.1. The van der Waals surface area contributed by atoms with Crippen molar-refractivity contribution < 1.29 is 33.5 Å². The molecule has 200 valence electrons. The predicted octanol–water partition coefficient (Wildman–Crippen LogP) is 1.13. The monoisotopic (exact) mass is 523 g/mol. The summed E-state index contributed by atoms with van der Waals surface area (Å²) >= 11 is 0. The molecule has 12 heteroatoms. The number of amides is 3. The second-order valence-electron chi connectivity index (χ2n) is 8.60. The van der Waals surface area contributed by atoms with Crippen molar-refractivity contribution in [2.24, 2.45) is 10.1 Å². The molecule has 2 atom stereocenters. The van der Waals surface area contributed by atoms with Crippen molar-refractivity contribution in [2.45, 2.75) is 19.1 Å². The van der Waals surface area contributed by atoms with Gasteiger partial charge in [-0.15, -0.1) is 5.10 Å². The van der Waals surface area contributed by atoms with Gasteiger partial charge in [-0.05, 0) is 61.0 Å². The smallest absolute Gasteiger partial charge is 0.414 e. The van der Waals surface area contributed by atoms with Gasteiger partial charge in [0.25, 0.3) is 5.91 Å². The van der Waals surface area contributed by atoms with Gasteiger partial charge in [0.1, 0.15) is 30.0 Å². The molecule has 12 nitrogen and oxygen atoms in total. The van der Waals surface area contributed by atoms with Crippen LogP contribution in [0.1, 0.15) is 12.5 Å². The lowest BCUT2D eigenvalue weighted by Gasteiger charge is -2.32. The number of imide groups is 1. The highest BCUT2D eigenvalue weighted by atomic mass is 16.5. The summed E-state index contributed by atoms with van der Waals surface area (Å²) in [4.78, 5) is 32.4. The molecule has 2 aromatic carbocycles. The van der Waals surface area contributed by atoms with Crippen LogP contribution >= 0.6 is 0 Å². The lowest BCUT2D eigenvalue weighted by Crippen LogP contribution is -2.62. The Bertz CT molecular complexity index is 1260.